The number of aliphatic hydroxyl groups excluding tert-OH is 1. The molecule has 1 aliphatic rings. The quantitative estimate of drug-likeness (QED) is 0.645. The Hall–Kier alpha value is -2.34. The first-order chi connectivity index (χ1) is 14.2. The van der Waals surface area contributed by atoms with E-state index in [4.69, 9.17) is 4.74 Å². The summed E-state index contributed by atoms with van der Waals surface area (Å²) in [7, 11) is 1.71. The third-order valence-corrected chi connectivity index (χ3v) is 6.06. The fourth-order valence-corrected chi connectivity index (χ4v) is 4.51. The molecule has 4 rings (SSSR count). The van der Waals surface area contributed by atoms with Gasteiger partial charge in [-0.15, -0.1) is 0 Å². The lowest BCUT2D eigenvalue weighted by molar-refractivity contribution is 0.0501. The molecule has 29 heavy (non-hydrogen) atoms. The summed E-state index contributed by atoms with van der Waals surface area (Å²) in [4.78, 5) is 8.42. The molecule has 1 aliphatic heterocycles. The van der Waals surface area contributed by atoms with Crippen LogP contribution in [0, 0.1) is 6.92 Å². The number of hydrogen-bond donors (Lipinski definition) is 2. The lowest BCUT2D eigenvalue weighted by Crippen LogP contribution is -2.52. The van der Waals surface area contributed by atoms with Crippen molar-refractivity contribution < 1.29 is 9.84 Å². The fraction of sp³-hybridized carbons (Fsp3) is 0.417. The van der Waals surface area contributed by atoms with Crippen molar-refractivity contribution >= 4 is 10.9 Å². The van der Waals surface area contributed by atoms with Gasteiger partial charge in [0, 0.05) is 62.5 Å². The van der Waals surface area contributed by atoms with Gasteiger partial charge in [0.15, 0.2) is 0 Å². The first-order valence-electron chi connectivity index (χ1n) is 10.4. The van der Waals surface area contributed by atoms with Crippen molar-refractivity contribution in [3.8, 4) is 5.75 Å². The second kappa shape index (κ2) is 8.99. The summed E-state index contributed by atoms with van der Waals surface area (Å²) in [5.74, 6) is 0.934. The molecule has 0 bridgehead atoms. The number of para-hydroxylation sites is 1. The van der Waals surface area contributed by atoms with Gasteiger partial charge in [0.25, 0.3) is 0 Å². The number of nitrogens with zero attached hydrogens (tertiary/aromatic N) is 2. The Morgan fingerprint density at radius 2 is 2.00 bits per heavy atom. The van der Waals surface area contributed by atoms with E-state index in [0.717, 1.165) is 44.9 Å². The number of aliphatic hydroxyl groups is 1. The molecule has 1 saturated heterocycles. The summed E-state index contributed by atoms with van der Waals surface area (Å²) in [6.07, 6.45) is 2.94. The van der Waals surface area contributed by atoms with E-state index < -0.39 is 0 Å². The Morgan fingerprint density at radius 1 is 1.14 bits per heavy atom. The summed E-state index contributed by atoms with van der Waals surface area (Å²) in [5.41, 5.74) is 5.02. The summed E-state index contributed by atoms with van der Waals surface area (Å²) in [5, 5.41) is 10.9. The number of nitrogens with one attached hydrogen (secondary N) is 1. The van der Waals surface area contributed by atoms with E-state index in [2.05, 4.69) is 70.4 Å². The van der Waals surface area contributed by atoms with Gasteiger partial charge in [-0.05, 0) is 42.2 Å². The topological polar surface area (TPSA) is 51.7 Å². The van der Waals surface area contributed by atoms with Crippen LogP contribution in [0.15, 0.2) is 48.7 Å². The Bertz CT molecular complexity index is 952. The number of piperazine rings is 1. The SMILES string of the molecule is COc1ccc(CN2CCN(Cc3c[nH]c4ccccc34)C[C@@H]2CCO)cc1C. The van der Waals surface area contributed by atoms with Crippen molar-refractivity contribution in [2.24, 2.45) is 0 Å². The molecule has 1 fully saturated rings. The van der Waals surface area contributed by atoms with E-state index in [1.165, 1.54) is 27.6 Å². The maximum atomic E-state index is 9.63. The van der Waals surface area contributed by atoms with Crippen LogP contribution in [0.5, 0.6) is 5.75 Å². The maximum absolute atomic E-state index is 9.63. The maximum Gasteiger partial charge on any atom is 0.121 e. The van der Waals surface area contributed by atoms with Gasteiger partial charge in [0.2, 0.25) is 0 Å². The third kappa shape index (κ3) is 4.47. The van der Waals surface area contributed by atoms with Crippen LogP contribution in [-0.4, -0.2) is 59.3 Å². The molecule has 0 unspecified atom stereocenters. The van der Waals surface area contributed by atoms with Gasteiger partial charge < -0.3 is 14.8 Å². The van der Waals surface area contributed by atoms with E-state index in [1.807, 2.05) is 0 Å². The highest BCUT2D eigenvalue weighted by atomic mass is 16.5. The molecule has 3 aromatic rings. The predicted octanol–water partition coefficient (Wildman–Crippen LogP) is 3.55. The van der Waals surface area contributed by atoms with Crippen molar-refractivity contribution in [2.75, 3.05) is 33.4 Å². The highest BCUT2D eigenvalue weighted by Gasteiger charge is 2.27. The number of fused-ring (bicyclic) bond motifs is 1. The zero-order valence-electron chi connectivity index (χ0n) is 17.4. The first kappa shape index (κ1) is 20.0. The van der Waals surface area contributed by atoms with Crippen LogP contribution >= 0.6 is 0 Å². The predicted molar refractivity (Wildman–Crippen MR) is 117 cm³/mol. The lowest BCUT2D eigenvalue weighted by atomic mass is 10.0. The second-order valence-electron chi connectivity index (χ2n) is 8.04. The molecular formula is C24H31N3O2. The highest BCUT2D eigenvalue weighted by Crippen LogP contribution is 2.24. The molecule has 0 aliphatic carbocycles. The number of aryl methyl sites for hydroxylation is 1. The van der Waals surface area contributed by atoms with Crippen molar-refractivity contribution in [3.05, 3.63) is 65.4 Å². The Kier molecular flexibility index (Phi) is 6.19. The smallest absolute Gasteiger partial charge is 0.121 e. The van der Waals surface area contributed by atoms with E-state index in [-0.39, 0.29) is 6.61 Å². The van der Waals surface area contributed by atoms with E-state index in [9.17, 15) is 5.11 Å². The van der Waals surface area contributed by atoms with Gasteiger partial charge >= 0.3 is 0 Å². The monoisotopic (exact) mass is 393 g/mol. The van der Waals surface area contributed by atoms with Crippen molar-refractivity contribution in [1.29, 1.82) is 0 Å². The lowest BCUT2D eigenvalue weighted by Gasteiger charge is -2.41. The summed E-state index contributed by atoms with van der Waals surface area (Å²) in [6.45, 7) is 7.21. The molecule has 5 heteroatoms. The molecular weight excluding hydrogens is 362 g/mol. The largest absolute Gasteiger partial charge is 0.496 e. The number of ether oxygens (including phenoxy) is 1. The van der Waals surface area contributed by atoms with Gasteiger partial charge in [-0.1, -0.05) is 30.3 Å². The summed E-state index contributed by atoms with van der Waals surface area (Å²) >= 11 is 0. The fourth-order valence-electron chi connectivity index (χ4n) is 4.51. The van der Waals surface area contributed by atoms with Gasteiger partial charge in [0.1, 0.15) is 5.75 Å². The molecule has 1 aromatic heterocycles. The molecule has 0 amide bonds. The van der Waals surface area contributed by atoms with Crippen molar-refractivity contribution in [2.45, 2.75) is 32.5 Å². The molecule has 0 radical (unpaired) electrons. The molecule has 2 N–H and O–H groups in total. The van der Waals surface area contributed by atoms with Crippen LogP contribution in [0.3, 0.4) is 0 Å². The van der Waals surface area contributed by atoms with E-state index in [0.29, 0.717) is 6.04 Å². The normalized spacial score (nSPS) is 18.4. The minimum Gasteiger partial charge on any atom is -0.496 e. The van der Waals surface area contributed by atoms with Crippen LogP contribution in [0.25, 0.3) is 10.9 Å². The molecule has 0 saturated carbocycles. The number of methoxy groups -OCH3 is 1. The number of benzene rings is 2. The highest BCUT2D eigenvalue weighted by molar-refractivity contribution is 5.82. The molecule has 0 spiro atoms. The standard InChI is InChI=1S/C24H31N3O2/c1-18-13-19(7-8-24(18)29-2)15-27-11-10-26(17-21(27)9-12-28)16-20-14-25-23-6-4-3-5-22(20)23/h3-8,13-14,21,25,28H,9-12,15-17H2,1-2H3/t21-/m0/s1. The molecule has 1 atom stereocenters. The Labute approximate surface area is 172 Å². The first-order valence-corrected chi connectivity index (χ1v) is 10.4. The average molecular weight is 394 g/mol. The third-order valence-electron chi connectivity index (χ3n) is 6.06. The van der Waals surface area contributed by atoms with Gasteiger partial charge in [0.05, 0.1) is 7.11 Å². The molecule has 5 nitrogen and oxygen atoms in total. The van der Waals surface area contributed by atoms with Crippen LogP contribution in [0.4, 0.5) is 0 Å². The summed E-state index contributed by atoms with van der Waals surface area (Å²) < 4.78 is 5.39. The van der Waals surface area contributed by atoms with Crippen LogP contribution in [0.2, 0.25) is 0 Å². The number of H-pyrrole nitrogens is 1. The number of hydrogen-bond acceptors (Lipinski definition) is 4. The molecule has 2 aromatic carbocycles. The van der Waals surface area contributed by atoms with E-state index >= 15 is 0 Å². The Morgan fingerprint density at radius 3 is 2.79 bits per heavy atom. The number of rotatable bonds is 7. The average Bonchev–Trinajstić information content (AvgIpc) is 3.13. The van der Waals surface area contributed by atoms with Crippen LogP contribution in [-0.2, 0) is 13.1 Å². The number of aromatic nitrogens is 1. The van der Waals surface area contributed by atoms with Gasteiger partial charge in [-0.3, -0.25) is 9.80 Å². The second-order valence-corrected chi connectivity index (χ2v) is 8.04. The minimum absolute atomic E-state index is 0.226. The zero-order chi connectivity index (χ0) is 20.2. The van der Waals surface area contributed by atoms with Crippen LogP contribution in [0.1, 0.15) is 23.1 Å². The molecule has 2 heterocycles. The molecule has 154 valence electrons. The Balaban J connectivity index is 1.43. The zero-order valence-corrected chi connectivity index (χ0v) is 17.4. The summed E-state index contributed by atoms with van der Waals surface area (Å²) in [6, 6.07) is 15.3. The minimum atomic E-state index is 0.226. The van der Waals surface area contributed by atoms with E-state index in [1.54, 1.807) is 7.11 Å². The number of aromatic amines is 1. The van der Waals surface area contributed by atoms with Gasteiger partial charge in [-0.2, -0.15) is 0 Å². The van der Waals surface area contributed by atoms with Crippen LogP contribution < -0.4 is 4.74 Å². The van der Waals surface area contributed by atoms with Crippen molar-refractivity contribution in [1.82, 2.24) is 14.8 Å². The van der Waals surface area contributed by atoms with Gasteiger partial charge in [-0.25, -0.2) is 0 Å². The van der Waals surface area contributed by atoms with Crippen molar-refractivity contribution in [3.63, 3.8) is 0 Å².